The molecule has 1 fully saturated rings. The molecule has 1 saturated heterocycles. The molecule has 0 unspecified atom stereocenters. The number of benzene rings is 3. The Bertz CT molecular complexity index is 1560. The first kappa shape index (κ1) is 35.6. The lowest BCUT2D eigenvalue weighted by Crippen LogP contribution is -2.58. The number of aromatic hydroxyl groups is 1. The number of hydrogen-bond donors (Lipinski definition) is 5. The second kappa shape index (κ2) is 16.0. The molecular weight excluding hydrogens is 812 g/mol. The number of phenolic OH excluding ortho intramolecular Hbond substituents is 1. The maximum absolute atomic E-state index is 13.7. The van der Waals surface area contributed by atoms with Gasteiger partial charge in [-0.2, -0.15) is 0 Å². The SMILES string of the molecule is Cc1c(I)c(O)c(I)c(C)c1C[C@H](N)C(=O)N1CCC[C@H]1C(=O)N[C@@H](Cc1ccccc1)C(=O)N[C@@H](Cc1ccccc1)C(N)=O. The molecule has 46 heavy (non-hydrogen) atoms. The van der Waals surface area contributed by atoms with E-state index in [1.807, 2.05) is 74.5 Å². The minimum absolute atomic E-state index is 0.173. The van der Waals surface area contributed by atoms with E-state index in [9.17, 15) is 24.3 Å². The molecule has 3 aromatic carbocycles. The molecule has 0 bridgehead atoms. The van der Waals surface area contributed by atoms with E-state index < -0.39 is 41.9 Å². The van der Waals surface area contributed by atoms with Crippen LogP contribution >= 0.6 is 45.2 Å². The van der Waals surface area contributed by atoms with Gasteiger partial charge in [-0.15, -0.1) is 0 Å². The van der Waals surface area contributed by atoms with E-state index >= 15 is 0 Å². The fourth-order valence-electron chi connectivity index (χ4n) is 5.80. The molecule has 0 aliphatic carbocycles. The summed E-state index contributed by atoms with van der Waals surface area (Å²) >= 11 is 4.18. The van der Waals surface area contributed by atoms with Crippen LogP contribution in [-0.4, -0.2) is 64.3 Å². The quantitative estimate of drug-likeness (QED) is 0.176. The number of nitrogens with two attached hydrogens (primary N) is 2. The van der Waals surface area contributed by atoms with Gasteiger partial charge in [-0.3, -0.25) is 19.2 Å². The van der Waals surface area contributed by atoms with Crippen molar-refractivity contribution in [3.05, 3.63) is 95.6 Å². The molecule has 0 spiro atoms. The zero-order chi connectivity index (χ0) is 33.5. The van der Waals surface area contributed by atoms with Crippen molar-refractivity contribution in [1.82, 2.24) is 15.5 Å². The number of halogens is 2. The van der Waals surface area contributed by atoms with Crippen molar-refractivity contribution < 1.29 is 24.3 Å². The van der Waals surface area contributed by atoms with E-state index in [4.69, 9.17) is 11.5 Å². The van der Waals surface area contributed by atoms with Crippen molar-refractivity contribution in [2.45, 2.75) is 70.1 Å². The fourth-order valence-corrected chi connectivity index (χ4v) is 7.51. The Labute approximate surface area is 296 Å². The molecule has 0 aromatic heterocycles. The number of hydrogen-bond acceptors (Lipinski definition) is 6. The number of carbonyl (C=O) groups excluding carboxylic acids is 4. The van der Waals surface area contributed by atoms with Crippen molar-refractivity contribution in [3.63, 3.8) is 0 Å². The lowest BCUT2D eigenvalue weighted by atomic mass is 9.95. The monoisotopic (exact) mass is 851 g/mol. The standard InChI is InChI=1S/C34H39I2N5O5/c1-19-23(20(2)29(36)30(42)28(19)35)18-24(37)34(46)41-15-9-14-27(41)33(45)40-26(17-22-12-7-4-8-13-22)32(44)39-25(31(38)43)16-21-10-5-3-6-11-21/h3-8,10-13,24-27,42H,9,14-18,37H2,1-2H3,(H2,38,43)(H,39,44)(H,40,45)/t24-,25-,26-,27-/m0/s1. The van der Waals surface area contributed by atoms with E-state index in [-0.39, 0.29) is 30.9 Å². The number of amides is 4. The summed E-state index contributed by atoms with van der Waals surface area (Å²) in [6.45, 7) is 4.15. The molecule has 1 aliphatic heterocycles. The maximum atomic E-state index is 13.7. The largest absolute Gasteiger partial charge is 0.506 e. The van der Waals surface area contributed by atoms with E-state index in [0.29, 0.717) is 26.5 Å². The van der Waals surface area contributed by atoms with Gasteiger partial charge in [-0.25, -0.2) is 0 Å². The van der Waals surface area contributed by atoms with Crippen molar-refractivity contribution in [3.8, 4) is 5.75 Å². The highest BCUT2D eigenvalue weighted by Crippen LogP contribution is 2.35. The van der Waals surface area contributed by atoms with E-state index in [0.717, 1.165) is 27.8 Å². The lowest BCUT2D eigenvalue weighted by molar-refractivity contribution is -0.140. The highest BCUT2D eigenvalue weighted by Gasteiger charge is 2.38. The second-order valence-electron chi connectivity index (χ2n) is 11.6. The van der Waals surface area contributed by atoms with E-state index in [1.165, 1.54) is 4.90 Å². The van der Waals surface area contributed by atoms with Gasteiger partial charge in [-0.05, 0) is 106 Å². The Morgan fingerprint density at radius 1 is 0.870 bits per heavy atom. The summed E-state index contributed by atoms with van der Waals surface area (Å²) < 4.78 is 1.43. The van der Waals surface area contributed by atoms with Crippen LogP contribution in [-0.2, 0) is 38.4 Å². The van der Waals surface area contributed by atoms with Gasteiger partial charge in [0.25, 0.3) is 0 Å². The zero-order valence-electron chi connectivity index (χ0n) is 25.8. The molecule has 10 nitrogen and oxygen atoms in total. The molecule has 3 aromatic rings. The van der Waals surface area contributed by atoms with Crippen LogP contribution in [0.5, 0.6) is 5.75 Å². The van der Waals surface area contributed by atoms with Crippen LogP contribution in [0.1, 0.15) is 40.7 Å². The first-order chi connectivity index (χ1) is 21.9. The average Bonchev–Trinajstić information content (AvgIpc) is 3.55. The maximum Gasteiger partial charge on any atom is 0.243 e. The van der Waals surface area contributed by atoms with E-state index in [2.05, 4.69) is 55.8 Å². The number of likely N-dealkylation sites (tertiary alicyclic amines) is 1. The van der Waals surface area contributed by atoms with Crippen molar-refractivity contribution in [2.24, 2.45) is 11.5 Å². The summed E-state index contributed by atoms with van der Waals surface area (Å²) in [7, 11) is 0. The van der Waals surface area contributed by atoms with Crippen LogP contribution in [0.3, 0.4) is 0 Å². The summed E-state index contributed by atoms with van der Waals surface area (Å²) in [6.07, 6.45) is 1.67. The van der Waals surface area contributed by atoms with Crippen LogP contribution in [0.15, 0.2) is 60.7 Å². The normalized spacial score (nSPS) is 16.4. The van der Waals surface area contributed by atoms with Gasteiger partial charge in [0, 0.05) is 19.4 Å². The third-order valence-electron chi connectivity index (χ3n) is 8.42. The smallest absolute Gasteiger partial charge is 0.243 e. The minimum Gasteiger partial charge on any atom is -0.506 e. The summed E-state index contributed by atoms with van der Waals surface area (Å²) in [6, 6.07) is 14.7. The highest BCUT2D eigenvalue weighted by atomic mass is 127. The average molecular weight is 852 g/mol. The third kappa shape index (κ3) is 8.56. The highest BCUT2D eigenvalue weighted by molar-refractivity contribution is 14.1. The first-order valence-corrected chi connectivity index (χ1v) is 17.2. The number of phenols is 1. The number of primary amides is 1. The van der Waals surface area contributed by atoms with Crippen LogP contribution in [0.25, 0.3) is 0 Å². The van der Waals surface area contributed by atoms with Gasteiger partial charge >= 0.3 is 0 Å². The summed E-state index contributed by atoms with van der Waals surface area (Å²) in [5.41, 5.74) is 16.4. The topological polar surface area (TPSA) is 168 Å². The molecule has 4 rings (SSSR count). The molecule has 1 heterocycles. The van der Waals surface area contributed by atoms with E-state index in [1.54, 1.807) is 0 Å². The fraction of sp³-hybridized carbons (Fsp3) is 0.353. The molecule has 0 saturated carbocycles. The van der Waals surface area contributed by atoms with Crippen molar-refractivity contribution in [2.75, 3.05) is 6.54 Å². The Balaban J connectivity index is 1.50. The first-order valence-electron chi connectivity index (χ1n) is 15.1. The zero-order valence-corrected chi connectivity index (χ0v) is 30.1. The lowest BCUT2D eigenvalue weighted by Gasteiger charge is -2.29. The number of rotatable bonds is 12. The van der Waals surface area contributed by atoms with Gasteiger partial charge < -0.3 is 32.1 Å². The summed E-state index contributed by atoms with van der Waals surface area (Å²) in [5, 5.41) is 16.0. The summed E-state index contributed by atoms with van der Waals surface area (Å²) in [4.78, 5) is 54.8. The molecular formula is C34H39I2N5O5. The van der Waals surface area contributed by atoms with Crippen LogP contribution < -0.4 is 22.1 Å². The van der Waals surface area contributed by atoms with Gasteiger partial charge in [0.05, 0.1) is 13.2 Å². The molecule has 7 N–H and O–H groups in total. The Hall–Kier alpha value is -3.24. The van der Waals surface area contributed by atoms with Gasteiger partial charge in [0.2, 0.25) is 23.6 Å². The number of nitrogens with zero attached hydrogens (tertiary/aromatic N) is 1. The van der Waals surface area contributed by atoms with Crippen LogP contribution in [0.4, 0.5) is 0 Å². The molecule has 0 radical (unpaired) electrons. The van der Waals surface area contributed by atoms with Crippen molar-refractivity contribution >= 4 is 68.8 Å². The van der Waals surface area contributed by atoms with Gasteiger partial charge in [0.1, 0.15) is 23.9 Å². The van der Waals surface area contributed by atoms with Crippen LogP contribution in [0.2, 0.25) is 0 Å². The van der Waals surface area contributed by atoms with Crippen molar-refractivity contribution in [1.29, 1.82) is 0 Å². The molecule has 244 valence electrons. The predicted octanol–water partition coefficient (Wildman–Crippen LogP) is 3.02. The number of nitrogens with one attached hydrogen (secondary N) is 2. The molecule has 1 aliphatic rings. The Kier molecular flexibility index (Phi) is 12.4. The Morgan fingerprint density at radius 2 is 1.39 bits per heavy atom. The number of carbonyl (C=O) groups is 4. The van der Waals surface area contributed by atoms with Gasteiger partial charge in [0.15, 0.2) is 0 Å². The Morgan fingerprint density at radius 3 is 1.91 bits per heavy atom. The minimum atomic E-state index is -1.02. The van der Waals surface area contributed by atoms with Crippen LogP contribution in [0, 0.1) is 21.0 Å². The summed E-state index contributed by atoms with van der Waals surface area (Å²) in [5.74, 6) is -1.84. The second-order valence-corrected chi connectivity index (χ2v) is 13.8. The molecule has 4 atom stereocenters. The third-order valence-corrected chi connectivity index (χ3v) is 11.1. The molecule has 4 amide bonds. The molecule has 12 heteroatoms. The predicted molar refractivity (Wildman–Crippen MR) is 193 cm³/mol. The van der Waals surface area contributed by atoms with Gasteiger partial charge in [-0.1, -0.05) is 60.7 Å².